The third-order valence-corrected chi connectivity index (χ3v) is 2.99. The van der Waals surface area contributed by atoms with E-state index in [0.29, 0.717) is 6.54 Å². The van der Waals surface area contributed by atoms with E-state index in [2.05, 4.69) is 10.2 Å². The molecule has 6 heteroatoms. The van der Waals surface area contributed by atoms with Crippen molar-refractivity contribution in [2.45, 2.75) is 26.3 Å². The summed E-state index contributed by atoms with van der Waals surface area (Å²) in [5.41, 5.74) is -0.220. The Labute approximate surface area is 120 Å². The number of hydrogen-bond donors (Lipinski definition) is 2. The van der Waals surface area contributed by atoms with Gasteiger partial charge in [-0.05, 0) is 20.8 Å². The van der Waals surface area contributed by atoms with Gasteiger partial charge in [0.05, 0.1) is 6.61 Å². The second-order valence-electron chi connectivity index (χ2n) is 5.96. The molecule has 1 fully saturated rings. The molecular weight excluding hydrogens is 256 g/mol. The Morgan fingerprint density at radius 3 is 2.40 bits per heavy atom. The van der Waals surface area contributed by atoms with E-state index < -0.39 is 0 Å². The standard InChI is InChI=1S/C14H24N4O2/c1-14(2,3)16-13(20)12(10-15)11-18-6-4-17(5-7-18)8-9-19/h11,19H,4-9H2,1-3H3,(H,16,20)/b12-11-. The third-order valence-electron chi connectivity index (χ3n) is 2.99. The quantitative estimate of drug-likeness (QED) is 0.556. The molecule has 6 nitrogen and oxygen atoms in total. The maximum absolute atomic E-state index is 12.0. The van der Waals surface area contributed by atoms with E-state index in [1.54, 1.807) is 6.20 Å². The predicted octanol–water partition coefficient (Wildman–Crippen LogP) is -0.0815. The van der Waals surface area contributed by atoms with E-state index in [4.69, 9.17) is 10.4 Å². The molecule has 0 aromatic heterocycles. The number of rotatable bonds is 4. The summed E-state index contributed by atoms with van der Waals surface area (Å²) >= 11 is 0. The summed E-state index contributed by atoms with van der Waals surface area (Å²) in [7, 11) is 0. The number of aliphatic hydroxyl groups excluding tert-OH is 1. The average molecular weight is 280 g/mol. The summed E-state index contributed by atoms with van der Waals surface area (Å²) in [5.74, 6) is -0.335. The molecule has 1 aliphatic heterocycles. The first-order valence-electron chi connectivity index (χ1n) is 6.87. The van der Waals surface area contributed by atoms with Crippen molar-refractivity contribution >= 4 is 5.91 Å². The van der Waals surface area contributed by atoms with Gasteiger partial charge in [-0.1, -0.05) is 0 Å². The van der Waals surface area contributed by atoms with Crippen molar-refractivity contribution in [1.29, 1.82) is 5.26 Å². The molecule has 1 saturated heterocycles. The highest BCUT2D eigenvalue weighted by Gasteiger charge is 2.19. The third kappa shape index (κ3) is 5.59. The molecule has 0 bridgehead atoms. The van der Waals surface area contributed by atoms with Crippen molar-refractivity contribution < 1.29 is 9.90 Å². The Kier molecular flexibility index (Phi) is 5.99. The molecule has 0 aromatic carbocycles. The van der Waals surface area contributed by atoms with E-state index in [0.717, 1.165) is 26.2 Å². The first kappa shape index (κ1) is 16.5. The van der Waals surface area contributed by atoms with Crippen LogP contribution in [0.3, 0.4) is 0 Å². The fourth-order valence-corrected chi connectivity index (χ4v) is 1.99. The van der Waals surface area contributed by atoms with Crippen molar-refractivity contribution in [3.8, 4) is 6.07 Å². The fraction of sp³-hybridized carbons (Fsp3) is 0.714. The summed E-state index contributed by atoms with van der Waals surface area (Å²) in [5, 5.41) is 20.8. The first-order chi connectivity index (χ1) is 9.35. The lowest BCUT2D eigenvalue weighted by molar-refractivity contribution is -0.118. The van der Waals surface area contributed by atoms with Crippen molar-refractivity contribution in [1.82, 2.24) is 15.1 Å². The second kappa shape index (κ2) is 7.27. The number of amides is 1. The summed E-state index contributed by atoms with van der Waals surface area (Å²) in [6, 6.07) is 1.96. The summed E-state index contributed by atoms with van der Waals surface area (Å²) in [6.45, 7) is 9.66. The minimum absolute atomic E-state index is 0.135. The normalized spacial score (nSPS) is 17.8. The number of nitriles is 1. The van der Waals surface area contributed by atoms with Crippen molar-refractivity contribution in [2.24, 2.45) is 0 Å². The van der Waals surface area contributed by atoms with Gasteiger partial charge < -0.3 is 15.3 Å². The van der Waals surface area contributed by atoms with Gasteiger partial charge >= 0.3 is 0 Å². The number of nitrogens with zero attached hydrogens (tertiary/aromatic N) is 3. The Balaban J connectivity index is 2.59. The number of nitrogens with one attached hydrogen (secondary N) is 1. The Bertz CT molecular complexity index is 398. The van der Waals surface area contributed by atoms with Crippen LogP contribution in [0.1, 0.15) is 20.8 Å². The van der Waals surface area contributed by atoms with E-state index in [-0.39, 0.29) is 23.6 Å². The average Bonchev–Trinajstić information content (AvgIpc) is 2.36. The van der Waals surface area contributed by atoms with Gasteiger partial charge in [0.25, 0.3) is 5.91 Å². The molecule has 0 aromatic rings. The molecule has 1 aliphatic rings. The first-order valence-corrected chi connectivity index (χ1v) is 6.87. The monoisotopic (exact) mass is 280 g/mol. The van der Waals surface area contributed by atoms with E-state index in [9.17, 15) is 4.79 Å². The fourth-order valence-electron chi connectivity index (χ4n) is 1.99. The Morgan fingerprint density at radius 1 is 1.35 bits per heavy atom. The summed E-state index contributed by atoms with van der Waals surface area (Å²) in [4.78, 5) is 16.1. The van der Waals surface area contributed by atoms with Gasteiger partial charge in [-0.15, -0.1) is 0 Å². The molecule has 0 spiro atoms. The molecule has 20 heavy (non-hydrogen) atoms. The van der Waals surface area contributed by atoms with E-state index >= 15 is 0 Å². The minimum atomic E-state index is -0.354. The van der Waals surface area contributed by atoms with Crippen LogP contribution < -0.4 is 5.32 Å². The van der Waals surface area contributed by atoms with Crippen molar-refractivity contribution in [3.05, 3.63) is 11.8 Å². The number of β-amino-alcohol motifs (C(OH)–C–C–N with tert-alkyl or cyclic N) is 1. The zero-order valence-electron chi connectivity index (χ0n) is 12.5. The molecule has 0 atom stereocenters. The van der Waals surface area contributed by atoms with Crippen LogP contribution in [-0.2, 0) is 4.79 Å². The van der Waals surface area contributed by atoms with Crippen LogP contribution in [0, 0.1) is 11.3 Å². The predicted molar refractivity (Wildman–Crippen MR) is 76.7 cm³/mol. The Morgan fingerprint density at radius 2 is 1.95 bits per heavy atom. The van der Waals surface area contributed by atoms with Crippen LogP contribution in [0.2, 0.25) is 0 Å². The highest BCUT2D eigenvalue weighted by molar-refractivity contribution is 5.97. The maximum atomic E-state index is 12.0. The van der Waals surface area contributed by atoms with Crippen LogP contribution in [0.5, 0.6) is 0 Å². The van der Waals surface area contributed by atoms with Gasteiger partial charge in [0.2, 0.25) is 0 Å². The number of hydrogen-bond acceptors (Lipinski definition) is 5. The molecule has 0 saturated carbocycles. The molecule has 1 rings (SSSR count). The van der Waals surface area contributed by atoms with E-state index in [1.807, 2.05) is 31.7 Å². The number of carbonyl (C=O) groups is 1. The molecular formula is C14H24N4O2. The number of aliphatic hydroxyl groups is 1. The van der Waals surface area contributed by atoms with Gasteiger partial charge in [0.15, 0.2) is 0 Å². The van der Waals surface area contributed by atoms with Crippen LogP contribution in [0.15, 0.2) is 11.8 Å². The second-order valence-corrected chi connectivity index (χ2v) is 5.96. The van der Waals surface area contributed by atoms with Crippen molar-refractivity contribution in [2.75, 3.05) is 39.3 Å². The van der Waals surface area contributed by atoms with Crippen molar-refractivity contribution in [3.63, 3.8) is 0 Å². The van der Waals surface area contributed by atoms with Crippen LogP contribution in [-0.4, -0.2) is 65.7 Å². The van der Waals surface area contributed by atoms with Gasteiger partial charge in [-0.2, -0.15) is 5.26 Å². The maximum Gasteiger partial charge on any atom is 0.263 e. The van der Waals surface area contributed by atoms with Gasteiger partial charge in [-0.3, -0.25) is 9.69 Å². The molecule has 1 heterocycles. The van der Waals surface area contributed by atoms with Crippen LogP contribution >= 0.6 is 0 Å². The van der Waals surface area contributed by atoms with Gasteiger partial charge in [0, 0.05) is 44.5 Å². The van der Waals surface area contributed by atoms with Crippen LogP contribution in [0.4, 0.5) is 0 Å². The largest absolute Gasteiger partial charge is 0.395 e. The molecule has 0 radical (unpaired) electrons. The number of piperazine rings is 1. The summed E-state index contributed by atoms with van der Waals surface area (Å²) in [6.07, 6.45) is 1.64. The van der Waals surface area contributed by atoms with Gasteiger partial charge in [-0.25, -0.2) is 0 Å². The lowest BCUT2D eigenvalue weighted by Crippen LogP contribution is -2.46. The molecule has 0 aliphatic carbocycles. The molecule has 0 unspecified atom stereocenters. The highest BCUT2D eigenvalue weighted by Crippen LogP contribution is 2.07. The molecule has 2 N–H and O–H groups in total. The molecule has 112 valence electrons. The lowest BCUT2D eigenvalue weighted by Gasteiger charge is -2.33. The highest BCUT2D eigenvalue weighted by atomic mass is 16.3. The zero-order valence-corrected chi connectivity index (χ0v) is 12.5. The lowest BCUT2D eigenvalue weighted by atomic mass is 10.1. The topological polar surface area (TPSA) is 79.6 Å². The zero-order chi connectivity index (χ0) is 15.2. The van der Waals surface area contributed by atoms with Crippen LogP contribution in [0.25, 0.3) is 0 Å². The minimum Gasteiger partial charge on any atom is -0.395 e. The number of carbonyl (C=O) groups excluding carboxylic acids is 1. The summed E-state index contributed by atoms with van der Waals surface area (Å²) < 4.78 is 0. The van der Waals surface area contributed by atoms with E-state index in [1.165, 1.54) is 0 Å². The smallest absolute Gasteiger partial charge is 0.263 e. The van der Waals surface area contributed by atoms with Gasteiger partial charge in [0.1, 0.15) is 11.6 Å². The Hall–Kier alpha value is -1.58. The SMILES string of the molecule is CC(C)(C)NC(=O)/C(C#N)=C\N1CCN(CCO)CC1. The molecule has 1 amide bonds.